The molecule has 0 bridgehead atoms. The number of aromatic hydroxyl groups is 1. The Morgan fingerprint density at radius 1 is 1.04 bits per heavy atom. The molecule has 0 unspecified atom stereocenters. The first kappa shape index (κ1) is 42.8. The molecule has 298 valence electrons. The van der Waals surface area contributed by atoms with Crippen molar-refractivity contribution in [3.8, 4) is 17.7 Å². The van der Waals surface area contributed by atoms with Crippen LogP contribution in [0.1, 0.15) is 59.1 Å². The van der Waals surface area contributed by atoms with Crippen LogP contribution in [0.4, 0.5) is 10.5 Å². The van der Waals surface area contributed by atoms with Crippen molar-refractivity contribution < 1.29 is 42.1 Å². The van der Waals surface area contributed by atoms with Gasteiger partial charge < -0.3 is 34.5 Å². The average molecular weight is 781 g/mol. The number of carbonyl (C=O) groups excluding carboxylic acids is 3. The third kappa shape index (κ3) is 13.1. The molecule has 1 aromatic heterocycles. The summed E-state index contributed by atoms with van der Waals surface area (Å²) in [5.74, 6) is 4.84. The van der Waals surface area contributed by atoms with Gasteiger partial charge in [0, 0.05) is 56.9 Å². The van der Waals surface area contributed by atoms with E-state index in [1.807, 2.05) is 0 Å². The molecule has 3 aromatic rings. The van der Waals surface area contributed by atoms with Crippen molar-refractivity contribution in [3.63, 3.8) is 0 Å². The van der Waals surface area contributed by atoms with Gasteiger partial charge in [-0.25, -0.2) is 13.2 Å². The van der Waals surface area contributed by atoms with Crippen molar-refractivity contribution in [1.29, 1.82) is 0 Å². The van der Waals surface area contributed by atoms with Crippen molar-refractivity contribution in [2.24, 2.45) is 4.99 Å². The van der Waals surface area contributed by atoms with E-state index in [-0.39, 0.29) is 36.0 Å². The monoisotopic (exact) mass is 780 g/mol. The topological polar surface area (TPSA) is 183 Å². The second kappa shape index (κ2) is 18.6. The van der Waals surface area contributed by atoms with Crippen LogP contribution in [0.3, 0.4) is 0 Å². The minimum absolute atomic E-state index is 0.0327. The molecule has 55 heavy (non-hydrogen) atoms. The number of rotatable bonds is 13. The normalized spacial score (nSPS) is 14.1. The first-order valence-electron chi connectivity index (χ1n) is 18.0. The molecular formula is C39H52N6O9S. The molecule has 0 aliphatic carbocycles. The lowest BCUT2D eigenvalue weighted by molar-refractivity contribution is -0.155. The second-order valence-corrected chi connectivity index (χ2v) is 17.0. The molecule has 15 nitrogen and oxygen atoms in total. The van der Waals surface area contributed by atoms with E-state index in [4.69, 9.17) is 14.2 Å². The number of aromatic amines is 1. The quantitative estimate of drug-likeness (QED) is 0.130. The van der Waals surface area contributed by atoms with E-state index in [0.29, 0.717) is 61.4 Å². The van der Waals surface area contributed by atoms with Crippen LogP contribution >= 0.6 is 0 Å². The van der Waals surface area contributed by atoms with Gasteiger partial charge in [-0.1, -0.05) is 24.0 Å². The molecule has 1 aliphatic rings. The molecule has 2 amide bonds. The smallest absolute Gasteiger partial charge is 0.408 e. The number of nitrogens with zero attached hydrogens (tertiary/aromatic N) is 4. The lowest BCUT2D eigenvalue weighted by atomic mass is 10.1. The Bertz CT molecular complexity index is 2030. The predicted molar refractivity (Wildman–Crippen MR) is 209 cm³/mol. The summed E-state index contributed by atoms with van der Waals surface area (Å²) in [6, 6.07) is 11.2. The van der Waals surface area contributed by atoms with E-state index in [0.717, 1.165) is 4.31 Å². The van der Waals surface area contributed by atoms with E-state index in [2.05, 4.69) is 32.0 Å². The molecule has 2 heterocycles. The fourth-order valence-electron chi connectivity index (χ4n) is 5.55. The number of nitrogens with one attached hydrogen (secondary N) is 2. The summed E-state index contributed by atoms with van der Waals surface area (Å²) in [5.41, 5.74) is 0.454. The lowest BCUT2D eigenvalue weighted by Gasteiger charge is -2.31. The molecule has 2 aromatic carbocycles. The van der Waals surface area contributed by atoms with Gasteiger partial charge in [0.05, 0.1) is 54.4 Å². The zero-order valence-corrected chi connectivity index (χ0v) is 33.4. The van der Waals surface area contributed by atoms with Crippen LogP contribution < -0.4 is 5.32 Å². The molecule has 1 saturated heterocycles. The number of hydrogen-bond acceptors (Lipinski definition) is 11. The number of sulfonamides is 1. The summed E-state index contributed by atoms with van der Waals surface area (Å²) in [6.45, 7) is 13.7. The van der Waals surface area contributed by atoms with Crippen LogP contribution in [0.2, 0.25) is 0 Å². The minimum atomic E-state index is -4.15. The van der Waals surface area contributed by atoms with Gasteiger partial charge in [-0.3, -0.25) is 19.5 Å². The summed E-state index contributed by atoms with van der Waals surface area (Å²) in [5, 5.41) is 13.9. The molecule has 1 aliphatic heterocycles. The van der Waals surface area contributed by atoms with Crippen molar-refractivity contribution in [1.82, 2.24) is 24.4 Å². The van der Waals surface area contributed by atoms with Gasteiger partial charge in [0.25, 0.3) is 0 Å². The van der Waals surface area contributed by atoms with Crippen LogP contribution in [-0.4, -0.2) is 134 Å². The number of likely N-dealkylation sites (N-methyl/N-ethyl adjacent to an activating group) is 1. The number of fused-ring (bicyclic) bond motifs is 1. The number of esters is 1. The Labute approximate surface area is 323 Å². The van der Waals surface area contributed by atoms with Crippen molar-refractivity contribution in [2.75, 3.05) is 66.1 Å². The summed E-state index contributed by atoms with van der Waals surface area (Å²) in [4.78, 5) is 49.0. The molecule has 0 atom stereocenters. The molecule has 0 radical (unpaired) electrons. The first-order valence-corrected chi connectivity index (χ1v) is 19.5. The standard InChI is InChI=1S/C39H52N6O9S/c1-38(2,3)53-34(47)16-18-45(20-19-44-21-23-52-24-22-44)33(46)27-43(7)55(50,51)30-14-9-13-29(25-30)41-26-31-35-28(11-8-15-32(35)42-36(31)48)12-10-17-40-37(49)54-39(4,5)6/h8-9,11,13-15,25-26,42,48H,16-24,27H2,1-7H3,(H,40,49). The Balaban J connectivity index is 1.48. The highest BCUT2D eigenvalue weighted by atomic mass is 32.2. The zero-order valence-electron chi connectivity index (χ0n) is 32.6. The van der Waals surface area contributed by atoms with Gasteiger partial charge in [0.15, 0.2) is 5.88 Å². The number of aliphatic imine (C=N–C) groups is 1. The lowest BCUT2D eigenvalue weighted by Crippen LogP contribution is -2.46. The summed E-state index contributed by atoms with van der Waals surface area (Å²) in [6.07, 6.45) is 0.785. The summed E-state index contributed by atoms with van der Waals surface area (Å²) < 4.78 is 44.5. The third-order valence-corrected chi connectivity index (χ3v) is 9.96. The van der Waals surface area contributed by atoms with Gasteiger partial charge >= 0.3 is 12.1 Å². The van der Waals surface area contributed by atoms with E-state index in [1.54, 1.807) is 65.8 Å². The maximum atomic E-state index is 13.7. The SMILES string of the molecule is CN(CC(=O)N(CCC(=O)OC(C)(C)C)CCN1CCOCC1)S(=O)(=O)c1cccc(N=Cc2c(O)[nH]c3cccc(C#CCNC(=O)OC(C)(C)C)c23)c1. The molecule has 0 spiro atoms. The molecule has 1 fully saturated rings. The number of benzene rings is 2. The molecule has 3 N–H and O–H groups in total. The predicted octanol–water partition coefficient (Wildman–Crippen LogP) is 4.01. The highest BCUT2D eigenvalue weighted by Gasteiger charge is 2.27. The number of alkyl carbamates (subject to hydrolysis) is 1. The number of aromatic nitrogens is 1. The average Bonchev–Trinajstić information content (AvgIpc) is 3.43. The zero-order chi connectivity index (χ0) is 40.4. The fraction of sp³-hybridized carbons (Fsp3) is 0.487. The highest BCUT2D eigenvalue weighted by molar-refractivity contribution is 7.89. The third-order valence-electron chi connectivity index (χ3n) is 8.16. The molecule has 16 heteroatoms. The number of amides is 2. The van der Waals surface area contributed by atoms with Crippen LogP contribution in [0, 0.1) is 11.8 Å². The largest absolute Gasteiger partial charge is 0.494 e. The summed E-state index contributed by atoms with van der Waals surface area (Å²) >= 11 is 0. The number of carbonyl (C=O) groups is 3. The molecular weight excluding hydrogens is 729 g/mol. The van der Waals surface area contributed by atoms with E-state index in [9.17, 15) is 27.9 Å². The Hall–Kier alpha value is -4.95. The van der Waals surface area contributed by atoms with Crippen molar-refractivity contribution in [2.45, 2.75) is 64.1 Å². The van der Waals surface area contributed by atoms with Gasteiger partial charge in [0.2, 0.25) is 15.9 Å². The minimum Gasteiger partial charge on any atom is -0.494 e. The molecule has 0 saturated carbocycles. The Kier molecular flexibility index (Phi) is 14.5. The van der Waals surface area contributed by atoms with Gasteiger partial charge in [0.1, 0.15) is 11.2 Å². The Morgan fingerprint density at radius 2 is 1.73 bits per heavy atom. The Morgan fingerprint density at radius 3 is 2.42 bits per heavy atom. The van der Waals surface area contributed by atoms with Crippen LogP contribution in [0.25, 0.3) is 10.9 Å². The maximum absolute atomic E-state index is 13.7. The number of H-pyrrole nitrogens is 1. The van der Waals surface area contributed by atoms with E-state index < -0.39 is 45.7 Å². The van der Waals surface area contributed by atoms with Gasteiger partial charge in [-0.05, 0) is 71.9 Å². The van der Waals surface area contributed by atoms with Crippen LogP contribution in [-0.2, 0) is 33.8 Å². The van der Waals surface area contributed by atoms with Crippen molar-refractivity contribution in [3.05, 3.63) is 53.6 Å². The number of ether oxygens (including phenoxy) is 3. The summed E-state index contributed by atoms with van der Waals surface area (Å²) in [7, 11) is -2.82. The number of hydrogen-bond donors (Lipinski definition) is 3. The van der Waals surface area contributed by atoms with Gasteiger partial charge in [-0.2, -0.15) is 4.31 Å². The van der Waals surface area contributed by atoms with Crippen molar-refractivity contribution >= 4 is 50.8 Å². The second-order valence-electron chi connectivity index (χ2n) is 15.0. The van der Waals surface area contributed by atoms with E-state index >= 15 is 0 Å². The molecule has 4 rings (SSSR count). The van der Waals surface area contributed by atoms with Gasteiger partial charge in [-0.15, -0.1) is 0 Å². The highest BCUT2D eigenvalue weighted by Crippen LogP contribution is 2.29. The van der Waals surface area contributed by atoms with Crippen LogP contribution in [0.5, 0.6) is 5.88 Å². The number of morpholine rings is 1. The van der Waals surface area contributed by atoms with Crippen LogP contribution in [0.15, 0.2) is 52.4 Å². The first-order chi connectivity index (χ1) is 25.8. The fourth-order valence-corrected chi connectivity index (χ4v) is 6.71. The van der Waals surface area contributed by atoms with E-state index in [1.165, 1.54) is 36.4 Å². The maximum Gasteiger partial charge on any atom is 0.408 e.